The van der Waals surface area contributed by atoms with Crippen molar-refractivity contribution in [2.45, 2.75) is 105 Å². The van der Waals surface area contributed by atoms with E-state index in [0.717, 1.165) is 34.1 Å². The third-order valence-corrected chi connectivity index (χ3v) is 16.7. The second-order valence-electron chi connectivity index (χ2n) is 20.2. The first-order valence-electron chi connectivity index (χ1n) is 21.2. The van der Waals surface area contributed by atoms with Gasteiger partial charge in [-0.05, 0) is 116 Å². The molecule has 0 radical (unpaired) electrons. The Hall–Kier alpha value is -4.62. The van der Waals surface area contributed by atoms with Crippen LogP contribution in [0.15, 0.2) is 121 Å². The summed E-state index contributed by atoms with van der Waals surface area (Å²) in [5.74, 6) is 2.99. The lowest BCUT2D eigenvalue weighted by Crippen LogP contribution is -2.27. The van der Waals surface area contributed by atoms with Crippen molar-refractivity contribution in [1.82, 2.24) is 0 Å². The summed E-state index contributed by atoms with van der Waals surface area (Å²) >= 11 is 0. The van der Waals surface area contributed by atoms with Gasteiger partial charge in [-0.2, -0.15) is 0 Å². The Balaban J connectivity index is 1.42. The van der Waals surface area contributed by atoms with Crippen LogP contribution in [0.3, 0.4) is 0 Å². The molecule has 2 aliphatic rings. The van der Waals surface area contributed by atoms with E-state index in [1.54, 1.807) is 0 Å². The van der Waals surface area contributed by atoms with Crippen LogP contribution in [0.2, 0.25) is 0 Å². The van der Waals surface area contributed by atoms with Crippen LogP contribution in [-0.2, 0) is 21.7 Å². The van der Waals surface area contributed by atoms with E-state index in [4.69, 9.17) is 18.9 Å². The molecular weight excluding hydrogens is 775 g/mol. The summed E-state index contributed by atoms with van der Waals surface area (Å²) in [6, 6.07) is 46.0. The van der Waals surface area contributed by atoms with Gasteiger partial charge in [0.15, 0.2) is 23.0 Å². The molecule has 0 saturated heterocycles. The molecule has 60 heavy (non-hydrogen) atoms. The van der Waals surface area contributed by atoms with E-state index in [9.17, 15) is 0 Å². The van der Waals surface area contributed by atoms with E-state index in [1.807, 2.05) is 0 Å². The minimum Gasteiger partial charge on any atom is -0.454 e. The minimum absolute atomic E-state index is 0.0315. The summed E-state index contributed by atoms with van der Waals surface area (Å²) in [4.78, 5) is 0. The molecule has 6 heteroatoms. The summed E-state index contributed by atoms with van der Waals surface area (Å²) in [5, 5.41) is 7.45. The maximum absolute atomic E-state index is 6.59. The second-order valence-corrected chi connectivity index (χ2v) is 24.6. The molecular formula is C54H60O4P2. The number of rotatable bonds is 7. The maximum atomic E-state index is 6.59. The largest absolute Gasteiger partial charge is 0.454 e. The Morgan fingerprint density at radius 1 is 0.317 bits per heavy atom. The molecule has 2 aliphatic heterocycles. The van der Waals surface area contributed by atoms with Crippen molar-refractivity contribution in [3.63, 3.8) is 0 Å². The highest BCUT2D eigenvalue weighted by molar-refractivity contribution is 7.80. The predicted molar refractivity (Wildman–Crippen MR) is 256 cm³/mol. The number of hydrogen-bond acceptors (Lipinski definition) is 4. The van der Waals surface area contributed by atoms with Gasteiger partial charge >= 0.3 is 0 Å². The molecule has 0 aromatic heterocycles. The lowest BCUT2D eigenvalue weighted by Gasteiger charge is -2.29. The molecule has 310 valence electrons. The standard InChI is InChI=1S/C54H60O4P2/c1-51(2,3)35-13-21-39(22-14-35)59(40-23-15-36(16-24-40)52(4,5)6)45-31-29-43-49(57-33-55-43)47(45)48-46(32-30-44-50(48)58-34-56-44)60(41-25-17-37(18-26-41)53(7,8)9)42-27-19-38(20-28-42)54(10,11)12/h13-32H,33-34H2,1-12H3. The van der Waals surface area contributed by atoms with Crippen LogP contribution in [0, 0.1) is 0 Å². The van der Waals surface area contributed by atoms with E-state index in [-0.39, 0.29) is 35.2 Å². The summed E-state index contributed by atoms with van der Waals surface area (Å²) in [6.45, 7) is 27.6. The van der Waals surface area contributed by atoms with E-state index in [1.165, 1.54) is 54.1 Å². The van der Waals surface area contributed by atoms with E-state index < -0.39 is 15.8 Å². The van der Waals surface area contributed by atoms with Crippen molar-refractivity contribution >= 4 is 47.7 Å². The first-order valence-corrected chi connectivity index (χ1v) is 23.9. The van der Waals surface area contributed by atoms with Gasteiger partial charge in [-0.1, -0.05) is 180 Å². The monoisotopic (exact) mass is 834 g/mol. The fourth-order valence-corrected chi connectivity index (χ4v) is 12.9. The summed E-state index contributed by atoms with van der Waals surface area (Å²) in [6.07, 6.45) is 0. The van der Waals surface area contributed by atoms with Crippen LogP contribution >= 0.6 is 15.8 Å². The van der Waals surface area contributed by atoms with Gasteiger partial charge in [0.25, 0.3) is 0 Å². The van der Waals surface area contributed by atoms with Crippen molar-refractivity contribution in [2.75, 3.05) is 13.6 Å². The second kappa shape index (κ2) is 15.7. The molecule has 0 N–H and O–H groups in total. The van der Waals surface area contributed by atoms with Crippen LogP contribution in [0.4, 0.5) is 0 Å². The fraction of sp³-hybridized carbons (Fsp3) is 0.333. The average Bonchev–Trinajstić information content (AvgIpc) is 3.88. The Labute approximate surface area is 361 Å². The Morgan fingerprint density at radius 3 is 0.800 bits per heavy atom. The van der Waals surface area contributed by atoms with Crippen LogP contribution in [0.1, 0.15) is 105 Å². The van der Waals surface area contributed by atoms with E-state index >= 15 is 0 Å². The number of ether oxygens (including phenoxy) is 4. The highest BCUT2D eigenvalue weighted by atomic mass is 31.1. The van der Waals surface area contributed by atoms with Gasteiger partial charge in [-0.25, -0.2) is 0 Å². The van der Waals surface area contributed by atoms with E-state index in [0.29, 0.717) is 0 Å². The molecule has 0 fully saturated rings. The Kier molecular flexibility index (Phi) is 11.0. The van der Waals surface area contributed by atoms with E-state index in [2.05, 4.69) is 204 Å². The Bertz CT molecular complexity index is 2200. The van der Waals surface area contributed by atoms with Crippen LogP contribution in [0.25, 0.3) is 11.1 Å². The number of fused-ring (bicyclic) bond motifs is 2. The lowest BCUT2D eigenvalue weighted by atomic mass is 9.87. The molecule has 8 rings (SSSR count). The summed E-state index contributed by atoms with van der Waals surface area (Å²) < 4.78 is 25.6. The molecule has 0 bridgehead atoms. The van der Waals surface area contributed by atoms with Crippen LogP contribution < -0.4 is 50.8 Å². The van der Waals surface area contributed by atoms with Gasteiger partial charge in [-0.3, -0.25) is 0 Å². The SMILES string of the molecule is CC(C)(C)c1ccc(P(c2ccc(C(C)(C)C)cc2)c2ccc3c(c2-c2c(P(c4ccc(C(C)(C)C)cc4)c4ccc(C(C)(C)C)cc4)ccc4c2OCO4)OCO3)cc1. The lowest BCUT2D eigenvalue weighted by molar-refractivity contribution is 0.173. The molecule has 0 unspecified atom stereocenters. The zero-order valence-corrected chi connectivity index (χ0v) is 39.3. The fourth-order valence-electron chi connectivity index (χ4n) is 8.08. The average molecular weight is 835 g/mol. The topological polar surface area (TPSA) is 36.9 Å². The highest BCUT2D eigenvalue weighted by Gasteiger charge is 2.36. The van der Waals surface area contributed by atoms with Gasteiger partial charge in [0.05, 0.1) is 0 Å². The molecule has 0 spiro atoms. The first-order chi connectivity index (χ1) is 28.3. The molecule has 0 atom stereocenters. The predicted octanol–water partition coefficient (Wildman–Crippen LogP) is 11.5. The normalized spacial score (nSPS) is 14.0. The third-order valence-electron chi connectivity index (χ3n) is 11.7. The quantitative estimate of drug-likeness (QED) is 0.150. The molecule has 6 aromatic carbocycles. The van der Waals surface area contributed by atoms with Crippen molar-refractivity contribution in [3.05, 3.63) is 144 Å². The van der Waals surface area contributed by atoms with Gasteiger partial charge < -0.3 is 18.9 Å². The molecule has 4 nitrogen and oxygen atoms in total. The first kappa shape index (κ1) is 42.1. The van der Waals surface area contributed by atoms with Crippen LogP contribution in [-0.4, -0.2) is 13.6 Å². The molecule has 2 heterocycles. The summed E-state index contributed by atoms with van der Waals surface area (Å²) in [7, 11) is -2.20. The number of hydrogen-bond donors (Lipinski definition) is 0. The maximum Gasteiger partial charge on any atom is 0.231 e. The Morgan fingerprint density at radius 2 is 0.567 bits per heavy atom. The van der Waals surface area contributed by atoms with Gasteiger partial charge in [-0.15, -0.1) is 0 Å². The molecule has 6 aromatic rings. The van der Waals surface area contributed by atoms with Crippen molar-refractivity contribution in [2.24, 2.45) is 0 Å². The van der Waals surface area contributed by atoms with Gasteiger partial charge in [0.2, 0.25) is 13.6 Å². The zero-order chi connectivity index (χ0) is 42.8. The molecule has 0 amide bonds. The van der Waals surface area contributed by atoms with Crippen molar-refractivity contribution < 1.29 is 18.9 Å². The molecule has 0 aliphatic carbocycles. The van der Waals surface area contributed by atoms with Gasteiger partial charge in [0.1, 0.15) is 0 Å². The van der Waals surface area contributed by atoms with Gasteiger partial charge in [0, 0.05) is 11.1 Å². The van der Waals surface area contributed by atoms with Crippen molar-refractivity contribution in [1.29, 1.82) is 0 Å². The smallest absolute Gasteiger partial charge is 0.231 e. The molecule has 0 saturated carbocycles. The third kappa shape index (κ3) is 8.23. The minimum atomic E-state index is -1.10. The van der Waals surface area contributed by atoms with Crippen molar-refractivity contribution in [3.8, 4) is 34.1 Å². The summed E-state index contributed by atoms with van der Waals surface area (Å²) in [5.41, 5.74) is 7.39. The van der Waals surface area contributed by atoms with Crippen LogP contribution in [0.5, 0.6) is 23.0 Å². The highest BCUT2D eigenvalue weighted by Crippen LogP contribution is 2.53. The number of benzene rings is 6. The zero-order valence-electron chi connectivity index (χ0n) is 37.5.